The molecule has 116 valence electrons. The second-order valence-electron chi connectivity index (χ2n) is 6.11. The lowest BCUT2D eigenvalue weighted by molar-refractivity contribution is -0.147. The number of carboxylic acids is 1. The lowest BCUT2D eigenvalue weighted by Crippen LogP contribution is -2.35. The number of halogens is 1. The topological polar surface area (TPSA) is 73.4 Å². The van der Waals surface area contributed by atoms with E-state index in [1.807, 2.05) is 0 Å². The molecule has 1 amide bonds. The molecule has 1 atom stereocenters. The second kappa shape index (κ2) is 5.12. The molecule has 1 fully saturated rings. The molecule has 6 heteroatoms. The molecule has 1 aromatic carbocycles. The van der Waals surface area contributed by atoms with Crippen LogP contribution in [-0.2, 0) is 16.0 Å². The van der Waals surface area contributed by atoms with E-state index in [1.54, 1.807) is 24.1 Å². The number of amides is 1. The molecule has 1 aliphatic rings. The number of aliphatic carboxylic acids is 1. The summed E-state index contributed by atoms with van der Waals surface area (Å²) >= 11 is 0. The van der Waals surface area contributed by atoms with Crippen molar-refractivity contribution in [2.75, 3.05) is 13.1 Å². The van der Waals surface area contributed by atoms with Gasteiger partial charge in [-0.25, -0.2) is 4.39 Å². The lowest BCUT2D eigenvalue weighted by atomic mass is 9.90. The Kier molecular flexibility index (Phi) is 3.39. The predicted molar refractivity (Wildman–Crippen MR) is 78.9 cm³/mol. The molecule has 2 heterocycles. The van der Waals surface area contributed by atoms with Crippen molar-refractivity contribution in [3.05, 3.63) is 35.8 Å². The van der Waals surface area contributed by atoms with Crippen molar-refractivity contribution in [1.29, 1.82) is 0 Å². The van der Waals surface area contributed by atoms with Crippen molar-refractivity contribution in [3.63, 3.8) is 0 Å². The Hall–Kier alpha value is -2.37. The molecule has 2 N–H and O–H groups in total. The molecule has 0 saturated carbocycles. The van der Waals surface area contributed by atoms with Crippen LogP contribution in [0.1, 0.15) is 18.9 Å². The molecule has 0 aliphatic carbocycles. The van der Waals surface area contributed by atoms with Gasteiger partial charge >= 0.3 is 5.97 Å². The first-order valence-corrected chi connectivity index (χ1v) is 7.16. The molecule has 1 aromatic heterocycles. The van der Waals surface area contributed by atoms with Gasteiger partial charge in [-0.3, -0.25) is 9.59 Å². The van der Waals surface area contributed by atoms with Crippen LogP contribution in [0.5, 0.6) is 0 Å². The van der Waals surface area contributed by atoms with Crippen LogP contribution >= 0.6 is 0 Å². The Labute approximate surface area is 126 Å². The van der Waals surface area contributed by atoms with E-state index in [0.29, 0.717) is 18.4 Å². The van der Waals surface area contributed by atoms with Gasteiger partial charge in [0.15, 0.2) is 0 Å². The number of likely N-dealkylation sites (tertiary alicyclic amines) is 1. The van der Waals surface area contributed by atoms with Crippen LogP contribution in [0.15, 0.2) is 24.4 Å². The van der Waals surface area contributed by atoms with Crippen molar-refractivity contribution < 1.29 is 19.1 Å². The summed E-state index contributed by atoms with van der Waals surface area (Å²) in [5.74, 6) is -1.35. The van der Waals surface area contributed by atoms with Gasteiger partial charge in [-0.2, -0.15) is 0 Å². The number of rotatable bonds is 3. The normalized spacial score (nSPS) is 21.5. The van der Waals surface area contributed by atoms with Crippen molar-refractivity contribution in [3.8, 4) is 0 Å². The summed E-state index contributed by atoms with van der Waals surface area (Å²) in [5.41, 5.74) is 0.631. The van der Waals surface area contributed by atoms with E-state index in [0.717, 1.165) is 11.1 Å². The minimum Gasteiger partial charge on any atom is -0.481 e. The highest BCUT2D eigenvalue weighted by Crippen LogP contribution is 2.31. The highest BCUT2D eigenvalue weighted by atomic mass is 19.1. The molecule has 0 bridgehead atoms. The third kappa shape index (κ3) is 2.45. The van der Waals surface area contributed by atoms with Gasteiger partial charge in [0.1, 0.15) is 5.82 Å². The molecule has 1 aliphatic heterocycles. The zero-order chi connectivity index (χ0) is 15.9. The number of aromatic amines is 1. The Morgan fingerprint density at radius 3 is 2.91 bits per heavy atom. The smallest absolute Gasteiger partial charge is 0.311 e. The molecular formula is C16H17FN2O3. The van der Waals surface area contributed by atoms with Gasteiger partial charge in [0.25, 0.3) is 0 Å². The molecule has 0 radical (unpaired) electrons. The number of hydrogen-bond acceptors (Lipinski definition) is 2. The summed E-state index contributed by atoms with van der Waals surface area (Å²) < 4.78 is 13.3. The minimum absolute atomic E-state index is 0.130. The summed E-state index contributed by atoms with van der Waals surface area (Å²) in [6.45, 7) is 2.32. The van der Waals surface area contributed by atoms with Crippen molar-refractivity contribution in [2.45, 2.75) is 19.8 Å². The Bertz CT molecular complexity index is 755. The maximum atomic E-state index is 13.3. The Morgan fingerprint density at radius 1 is 1.45 bits per heavy atom. The number of aromatic nitrogens is 1. The lowest BCUT2D eigenvalue weighted by Gasteiger charge is -2.20. The van der Waals surface area contributed by atoms with Gasteiger partial charge in [0.2, 0.25) is 5.91 Å². The maximum absolute atomic E-state index is 13.3. The molecule has 0 spiro atoms. The Morgan fingerprint density at radius 2 is 2.23 bits per heavy atom. The fourth-order valence-corrected chi connectivity index (χ4v) is 2.92. The van der Waals surface area contributed by atoms with Crippen LogP contribution in [-0.4, -0.2) is 40.0 Å². The van der Waals surface area contributed by atoms with Gasteiger partial charge in [-0.15, -0.1) is 0 Å². The van der Waals surface area contributed by atoms with Crippen molar-refractivity contribution in [1.82, 2.24) is 9.88 Å². The number of hydrogen-bond donors (Lipinski definition) is 2. The summed E-state index contributed by atoms with van der Waals surface area (Å²) in [4.78, 5) is 28.2. The first-order chi connectivity index (χ1) is 10.4. The van der Waals surface area contributed by atoms with Gasteiger partial charge in [-0.1, -0.05) is 0 Å². The van der Waals surface area contributed by atoms with E-state index in [9.17, 15) is 19.1 Å². The molecule has 5 nitrogen and oxygen atoms in total. The highest BCUT2D eigenvalue weighted by molar-refractivity contribution is 5.89. The van der Waals surface area contributed by atoms with Crippen molar-refractivity contribution in [2.24, 2.45) is 5.41 Å². The van der Waals surface area contributed by atoms with Crippen molar-refractivity contribution >= 4 is 22.8 Å². The van der Waals surface area contributed by atoms with Crippen LogP contribution in [0.2, 0.25) is 0 Å². The summed E-state index contributed by atoms with van der Waals surface area (Å²) in [6.07, 6.45) is 2.30. The van der Waals surface area contributed by atoms with E-state index < -0.39 is 11.4 Å². The average molecular weight is 304 g/mol. The number of H-pyrrole nitrogens is 1. The molecule has 3 rings (SSSR count). The van der Waals surface area contributed by atoms with Crippen LogP contribution < -0.4 is 0 Å². The zero-order valence-electron chi connectivity index (χ0n) is 12.2. The number of carbonyl (C=O) groups is 2. The van der Waals surface area contributed by atoms with E-state index in [1.165, 1.54) is 12.1 Å². The quantitative estimate of drug-likeness (QED) is 0.912. The van der Waals surface area contributed by atoms with Crippen LogP contribution in [0, 0.1) is 11.2 Å². The third-order valence-electron chi connectivity index (χ3n) is 4.41. The third-order valence-corrected chi connectivity index (χ3v) is 4.41. The van der Waals surface area contributed by atoms with E-state index >= 15 is 0 Å². The number of fused-ring (bicyclic) bond motifs is 1. The fourth-order valence-electron chi connectivity index (χ4n) is 2.92. The monoisotopic (exact) mass is 304 g/mol. The highest BCUT2D eigenvalue weighted by Gasteiger charge is 2.42. The Balaban J connectivity index is 1.77. The van der Waals surface area contributed by atoms with Crippen LogP contribution in [0.3, 0.4) is 0 Å². The second-order valence-corrected chi connectivity index (χ2v) is 6.11. The number of nitrogens with one attached hydrogen (secondary N) is 1. The molecule has 1 saturated heterocycles. The van der Waals surface area contributed by atoms with E-state index in [-0.39, 0.29) is 24.7 Å². The SMILES string of the molecule is C[C@]1(C(=O)O)CCN(C(=O)Cc2c[nH]c3ccc(F)cc23)C1. The van der Waals surface area contributed by atoms with Gasteiger partial charge in [0.05, 0.1) is 11.8 Å². The first-order valence-electron chi connectivity index (χ1n) is 7.16. The molecule has 0 unspecified atom stereocenters. The summed E-state index contributed by atoms with van der Waals surface area (Å²) in [7, 11) is 0. The van der Waals surface area contributed by atoms with E-state index in [4.69, 9.17) is 0 Å². The number of nitrogens with zero attached hydrogens (tertiary/aromatic N) is 1. The largest absolute Gasteiger partial charge is 0.481 e. The maximum Gasteiger partial charge on any atom is 0.311 e. The fraction of sp³-hybridized carbons (Fsp3) is 0.375. The van der Waals surface area contributed by atoms with Crippen LogP contribution in [0.4, 0.5) is 4.39 Å². The average Bonchev–Trinajstić information content (AvgIpc) is 3.04. The first kappa shape index (κ1) is 14.6. The number of benzene rings is 1. The van der Waals surface area contributed by atoms with Gasteiger partial charge in [-0.05, 0) is 37.1 Å². The van der Waals surface area contributed by atoms with Gasteiger partial charge < -0.3 is 15.0 Å². The molecule has 2 aromatic rings. The number of carbonyl (C=O) groups excluding carboxylic acids is 1. The molecular weight excluding hydrogens is 287 g/mol. The molecule has 22 heavy (non-hydrogen) atoms. The minimum atomic E-state index is -0.878. The summed E-state index contributed by atoms with van der Waals surface area (Å²) in [5, 5.41) is 9.90. The summed E-state index contributed by atoms with van der Waals surface area (Å²) in [6, 6.07) is 4.40. The van der Waals surface area contributed by atoms with E-state index in [2.05, 4.69) is 4.98 Å². The standard InChI is InChI=1S/C16H17FN2O3/c1-16(15(21)22)4-5-19(9-16)14(20)6-10-8-18-13-3-2-11(17)7-12(10)13/h2-3,7-8,18H,4-6,9H2,1H3,(H,21,22)/t16-/m0/s1. The number of carboxylic acid groups (broad SMARTS) is 1. The van der Waals surface area contributed by atoms with Crippen LogP contribution in [0.25, 0.3) is 10.9 Å². The predicted octanol–water partition coefficient (Wildman–Crippen LogP) is 2.17. The van der Waals surface area contributed by atoms with Gasteiger partial charge in [0, 0.05) is 30.2 Å². The zero-order valence-corrected chi connectivity index (χ0v) is 12.2.